The van der Waals surface area contributed by atoms with Gasteiger partial charge in [0.1, 0.15) is 5.75 Å². The van der Waals surface area contributed by atoms with Crippen LogP contribution in [0.25, 0.3) is 11.3 Å². The highest BCUT2D eigenvalue weighted by atomic mass is 16.3. The van der Waals surface area contributed by atoms with Gasteiger partial charge >= 0.3 is 0 Å². The normalized spacial score (nSPS) is 22.6. The van der Waals surface area contributed by atoms with E-state index in [4.69, 9.17) is 5.73 Å². The minimum atomic E-state index is -0.170. The summed E-state index contributed by atoms with van der Waals surface area (Å²) < 4.78 is 0. The van der Waals surface area contributed by atoms with Crippen LogP contribution in [0.1, 0.15) is 64.2 Å². The smallest absolute Gasteiger partial charge is 0.217 e. The average molecular weight is 591 g/mol. The first-order valence-corrected chi connectivity index (χ1v) is 16.7. The summed E-state index contributed by atoms with van der Waals surface area (Å²) in [7, 11) is 0. The number of nitrogens with one attached hydrogen (secondary N) is 1. The SMILES string of the molecule is NC(=O)CCCCCCCN1CCC(N2CCC(N3CCN4c5cc(-c6ccccc6O)nnc5NC[C@H]4C3)CC2)CC1. The molecule has 10 heteroatoms. The molecule has 4 N–H and O–H groups in total. The number of nitrogens with two attached hydrogens (primary N) is 1. The standard InChI is InChI=1S/C33H50N8O2/c34-32(43)10-4-2-1-3-7-15-38-16-11-25(12-17-38)39-18-13-26(14-19-39)40-20-21-41-27(24-40)23-35-33-30(41)22-29(36-37-33)28-8-5-6-9-31(28)42/h5-6,8-9,22,25-27,42H,1-4,7,10-21,23-24H2,(H2,34,43)(H,35,37)/t27-/m0/s1. The molecule has 0 aliphatic carbocycles. The van der Waals surface area contributed by atoms with Crippen LogP contribution in [0.2, 0.25) is 0 Å². The maximum Gasteiger partial charge on any atom is 0.217 e. The monoisotopic (exact) mass is 590 g/mol. The third kappa shape index (κ3) is 7.41. The number of benzene rings is 1. The Kier molecular flexibility index (Phi) is 9.95. The van der Waals surface area contributed by atoms with Gasteiger partial charge in [0.05, 0.1) is 17.4 Å². The Labute approximate surface area is 256 Å². The van der Waals surface area contributed by atoms with E-state index in [1.165, 1.54) is 77.7 Å². The molecule has 43 heavy (non-hydrogen) atoms. The number of hydrogen-bond acceptors (Lipinski definition) is 9. The van der Waals surface area contributed by atoms with E-state index in [0.29, 0.717) is 24.2 Å². The van der Waals surface area contributed by atoms with Crippen molar-refractivity contribution >= 4 is 17.4 Å². The lowest BCUT2D eigenvalue weighted by molar-refractivity contribution is -0.118. The highest BCUT2D eigenvalue weighted by Crippen LogP contribution is 2.36. The van der Waals surface area contributed by atoms with Gasteiger partial charge in [-0.15, -0.1) is 10.2 Å². The lowest BCUT2D eigenvalue weighted by Crippen LogP contribution is -2.61. The van der Waals surface area contributed by atoms with E-state index in [0.717, 1.165) is 62.1 Å². The highest BCUT2D eigenvalue weighted by Gasteiger charge is 2.37. The zero-order valence-corrected chi connectivity index (χ0v) is 25.7. The van der Waals surface area contributed by atoms with Crippen LogP contribution >= 0.6 is 0 Å². The van der Waals surface area contributed by atoms with Crippen LogP contribution in [0, 0.1) is 0 Å². The molecule has 10 nitrogen and oxygen atoms in total. The molecule has 3 fully saturated rings. The highest BCUT2D eigenvalue weighted by molar-refractivity contribution is 5.76. The third-order valence-electron chi connectivity index (χ3n) is 10.3. The largest absolute Gasteiger partial charge is 0.507 e. The molecule has 234 valence electrons. The fourth-order valence-electron chi connectivity index (χ4n) is 7.76. The number of amides is 1. The Hall–Kier alpha value is -2.95. The number of anilines is 2. The summed E-state index contributed by atoms with van der Waals surface area (Å²) in [6.45, 7) is 10.2. The van der Waals surface area contributed by atoms with Crippen molar-refractivity contribution in [3.05, 3.63) is 30.3 Å². The number of carbonyl (C=O) groups is 1. The number of primary amides is 1. The van der Waals surface area contributed by atoms with Crippen LogP contribution < -0.4 is 16.0 Å². The molecule has 0 bridgehead atoms. The molecule has 1 atom stereocenters. The van der Waals surface area contributed by atoms with Crippen LogP contribution in [-0.2, 0) is 4.79 Å². The van der Waals surface area contributed by atoms with Gasteiger partial charge in [-0.25, -0.2) is 0 Å². The van der Waals surface area contributed by atoms with Crippen LogP contribution in [0.4, 0.5) is 11.5 Å². The van der Waals surface area contributed by atoms with Crippen LogP contribution in [0.15, 0.2) is 30.3 Å². The maximum atomic E-state index is 10.9. The van der Waals surface area contributed by atoms with Gasteiger partial charge in [-0.05, 0) is 89.4 Å². The summed E-state index contributed by atoms with van der Waals surface area (Å²) in [5.41, 5.74) is 7.77. The number of phenols is 1. The lowest BCUT2D eigenvalue weighted by atomic mass is 9.95. The Balaban J connectivity index is 0.923. The zero-order chi connectivity index (χ0) is 29.6. The number of hydrogen-bond donors (Lipinski definition) is 3. The molecule has 4 aliphatic heterocycles. The number of rotatable bonds is 11. The van der Waals surface area contributed by atoms with Crippen molar-refractivity contribution in [2.75, 3.05) is 69.1 Å². The first kappa shape index (κ1) is 30.1. The van der Waals surface area contributed by atoms with Gasteiger partial charge in [0, 0.05) is 50.2 Å². The van der Waals surface area contributed by atoms with Crippen LogP contribution in [0.3, 0.4) is 0 Å². The molecule has 1 aromatic carbocycles. The number of fused-ring (bicyclic) bond motifs is 3. The number of piperidine rings is 2. The molecule has 2 aromatic rings. The van der Waals surface area contributed by atoms with Crippen molar-refractivity contribution in [2.24, 2.45) is 5.73 Å². The zero-order valence-electron chi connectivity index (χ0n) is 25.7. The van der Waals surface area contributed by atoms with Gasteiger partial charge in [-0.2, -0.15) is 0 Å². The quantitative estimate of drug-likeness (QED) is 0.338. The van der Waals surface area contributed by atoms with E-state index in [9.17, 15) is 9.90 Å². The molecule has 0 unspecified atom stereocenters. The number of unbranched alkanes of at least 4 members (excludes halogenated alkanes) is 4. The second kappa shape index (κ2) is 14.2. The van der Waals surface area contributed by atoms with Gasteiger partial charge in [-0.3, -0.25) is 9.69 Å². The van der Waals surface area contributed by atoms with E-state index in [1.54, 1.807) is 6.07 Å². The second-order valence-electron chi connectivity index (χ2n) is 13.0. The molecule has 1 aromatic heterocycles. The Morgan fingerprint density at radius 3 is 2.37 bits per heavy atom. The van der Waals surface area contributed by atoms with Crippen molar-refractivity contribution in [2.45, 2.75) is 82.3 Å². The Bertz CT molecular complexity index is 1210. The summed E-state index contributed by atoms with van der Waals surface area (Å²) in [6.07, 6.45) is 11.5. The van der Waals surface area contributed by atoms with Crippen molar-refractivity contribution in [3.8, 4) is 17.0 Å². The fraction of sp³-hybridized carbons (Fsp3) is 0.667. The summed E-state index contributed by atoms with van der Waals surface area (Å²) in [6, 6.07) is 11.3. The molecule has 0 saturated carbocycles. The minimum Gasteiger partial charge on any atom is -0.507 e. The first-order chi connectivity index (χ1) is 21.0. The van der Waals surface area contributed by atoms with E-state index < -0.39 is 0 Å². The number of aromatic nitrogens is 2. The van der Waals surface area contributed by atoms with Crippen LogP contribution in [-0.4, -0.2) is 113 Å². The molecule has 0 radical (unpaired) electrons. The lowest BCUT2D eigenvalue weighted by Gasteiger charge is -2.50. The maximum absolute atomic E-state index is 10.9. The number of piperazine rings is 1. The predicted molar refractivity (Wildman–Crippen MR) is 171 cm³/mol. The average Bonchev–Trinajstić information content (AvgIpc) is 3.04. The topological polar surface area (TPSA) is 114 Å². The first-order valence-electron chi connectivity index (χ1n) is 16.7. The molecular weight excluding hydrogens is 540 g/mol. The van der Waals surface area contributed by atoms with Gasteiger partial charge in [-0.1, -0.05) is 31.4 Å². The molecule has 1 amide bonds. The molecule has 3 saturated heterocycles. The number of likely N-dealkylation sites (tertiary alicyclic amines) is 2. The molecular formula is C33H50N8O2. The van der Waals surface area contributed by atoms with Crippen molar-refractivity contribution < 1.29 is 9.90 Å². The predicted octanol–water partition coefficient (Wildman–Crippen LogP) is 3.52. The van der Waals surface area contributed by atoms with E-state index >= 15 is 0 Å². The fourth-order valence-corrected chi connectivity index (χ4v) is 7.76. The molecule has 6 rings (SSSR count). The summed E-state index contributed by atoms with van der Waals surface area (Å²) in [4.78, 5) is 21.6. The number of aromatic hydroxyl groups is 1. The summed E-state index contributed by atoms with van der Waals surface area (Å²) >= 11 is 0. The van der Waals surface area contributed by atoms with Crippen LogP contribution in [0.5, 0.6) is 5.75 Å². The van der Waals surface area contributed by atoms with Crippen molar-refractivity contribution in [1.29, 1.82) is 0 Å². The Morgan fingerprint density at radius 1 is 0.860 bits per heavy atom. The van der Waals surface area contributed by atoms with E-state index in [2.05, 4.69) is 41.2 Å². The number of nitrogens with zero attached hydrogens (tertiary/aromatic N) is 6. The number of phenolic OH excluding ortho intramolecular Hbond substituents is 1. The van der Waals surface area contributed by atoms with Gasteiger partial charge in [0.2, 0.25) is 5.91 Å². The molecule has 4 aliphatic rings. The van der Waals surface area contributed by atoms with Crippen molar-refractivity contribution in [1.82, 2.24) is 24.9 Å². The van der Waals surface area contributed by atoms with E-state index in [1.807, 2.05) is 18.2 Å². The second-order valence-corrected chi connectivity index (χ2v) is 13.0. The summed E-state index contributed by atoms with van der Waals surface area (Å²) in [5.74, 6) is 0.914. The van der Waals surface area contributed by atoms with Gasteiger partial charge in [0.25, 0.3) is 0 Å². The number of carbonyl (C=O) groups excluding carboxylic acids is 1. The van der Waals surface area contributed by atoms with Gasteiger partial charge in [0.15, 0.2) is 5.82 Å². The van der Waals surface area contributed by atoms with E-state index in [-0.39, 0.29) is 11.7 Å². The minimum absolute atomic E-state index is 0.170. The summed E-state index contributed by atoms with van der Waals surface area (Å²) in [5, 5.41) is 22.8. The van der Waals surface area contributed by atoms with Gasteiger partial charge < -0.3 is 30.9 Å². The Morgan fingerprint density at radius 2 is 1.58 bits per heavy atom. The third-order valence-corrected chi connectivity index (χ3v) is 10.3. The number of para-hydroxylation sites is 1. The van der Waals surface area contributed by atoms with Crippen molar-refractivity contribution in [3.63, 3.8) is 0 Å². The molecule has 0 spiro atoms. The molecule has 5 heterocycles.